The Kier molecular flexibility index (Phi) is 3.81. The molecule has 2 rings (SSSR count). The van der Waals surface area contributed by atoms with Crippen molar-refractivity contribution >= 4 is 11.9 Å². The van der Waals surface area contributed by atoms with Crippen molar-refractivity contribution in [3.63, 3.8) is 0 Å². The molecule has 1 aromatic carbocycles. The molecule has 0 spiro atoms. The van der Waals surface area contributed by atoms with Gasteiger partial charge in [-0.15, -0.1) is 0 Å². The molecule has 1 aromatic rings. The Morgan fingerprint density at radius 3 is 2.79 bits per heavy atom. The summed E-state index contributed by atoms with van der Waals surface area (Å²) in [6.07, 6.45) is 1.24. The van der Waals surface area contributed by atoms with E-state index < -0.39 is 5.97 Å². The molecule has 1 amide bonds. The monoisotopic (exact) mass is 258 g/mol. The van der Waals surface area contributed by atoms with Gasteiger partial charge < -0.3 is 10.4 Å². The topological polar surface area (TPSA) is 90.2 Å². The molecular weight excluding hydrogens is 244 g/mol. The van der Waals surface area contributed by atoms with Crippen LogP contribution >= 0.6 is 0 Å². The molecule has 98 valence electrons. The molecule has 0 bridgehead atoms. The van der Waals surface area contributed by atoms with Crippen LogP contribution in [-0.2, 0) is 11.2 Å². The number of benzene rings is 1. The summed E-state index contributed by atoms with van der Waals surface area (Å²) < 4.78 is 0. The summed E-state index contributed by atoms with van der Waals surface area (Å²) >= 11 is 0. The van der Waals surface area contributed by atoms with Gasteiger partial charge in [0, 0.05) is 11.6 Å². The maximum Gasteiger partial charge on any atom is 0.306 e. The Balaban J connectivity index is 1.92. The second-order valence-electron chi connectivity index (χ2n) is 4.71. The van der Waals surface area contributed by atoms with E-state index in [9.17, 15) is 9.59 Å². The number of hydrogen-bond acceptors (Lipinski definition) is 3. The predicted molar refractivity (Wildman–Crippen MR) is 67.4 cm³/mol. The number of carbonyl (C=O) groups excluding carboxylic acids is 1. The molecule has 0 aliphatic heterocycles. The quantitative estimate of drug-likeness (QED) is 0.852. The molecule has 0 atom stereocenters. The molecule has 5 heteroatoms. The fraction of sp³-hybridized carbons (Fsp3) is 0.357. The number of carboxylic acid groups (broad SMARTS) is 1. The molecule has 0 unspecified atom stereocenters. The SMILES string of the molecule is N#CCc1cccc(C(=O)NC2CC(C(=O)O)C2)c1. The number of nitrogens with zero attached hydrogens (tertiary/aromatic N) is 1. The third-order valence-corrected chi connectivity index (χ3v) is 3.29. The van der Waals surface area contributed by atoms with E-state index >= 15 is 0 Å². The van der Waals surface area contributed by atoms with Crippen LogP contribution in [0, 0.1) is 17.2 Å². The Bertz CT molecular complexity index is 542. The zero-order valence-electron chi connectivity index (χ0n) is 10.3. The first kappa shape index (κ1) is 13.1. The summed E-state index contributed by atoms with van der Waals surface area (Å²) in [5, 5.41) is 20.2. The molecule has 2 N–H and O–H groups in total. The Morgan fingerprint density at radius 1 is 1.42 bits per heavy atom. The Labute approximate surface area is 110 Å². The average Bonchev–Trinajstić information content (AvgIpc) is 2.33. The zero-order chi connectivity index (χ0) is 13.8. The number of hydrogen-bond donors (Lipinski definition) is 2. The molecule has 1 saturated carbocycles. The van der Waals surface area contributed by atoms with Crippen LogP contribution in [-0.4, -0.2) is 23.0 Å². The molecule has 1 aliphatic carbocycles. The zero-order valence-corrected chi connectivity index (χ0v) is 10.3. The number of amides is 1. The van der Waals surface area contributed by atoms with Gasteiger partial charge in [0.25, 0.3) is 5.91 Å². The van der Waals surface area contributed by atoms with Crippen molar-refractivity contribution in [2.75, 3.05) is 0 Å². The lowest BCUT2D eigenvalue weighted by atomic mass is 9.80. The van der Waals surface area contributed by atoms with Gasteiger partial charge in [-0.1, -0.05) is 12.1 Å². The van der Waals surface area contributed by atoms with Gasteiger partial charge >= 0.3 is 5.97 Å². The van der Waals surface area contributed by atoms with Gasteiger partial charge in [-0.05, 0) is 30.5 Å². The highest BCUT2D eigenvalue weighted by Crippen LogP contribution is 2.27. The summed E-state index contributed by atoms with van der Waals surface area (Å²) in [5.41, 5.74) is 1.30. The first-order chi connectivity index (χ1) is 9.10. The van der Waals surface area contributed by atoms with Crippen molar-refractivity contribution in [3.05, 3.63) is 35.4 Å². The van der Waals surface area contributed by atoms with E-state index in [1.54, 1.807) is 24.3 Å². The van der Waals surface area contributed by atoms with Gasteiger partial charge in [0.1, 0.15) is 0 Å². The van der Waals surface area contributed by atoms with Crippen molar-refractivity contribution < 1.29 is 14.7 Å². The van der Waals surface area contributed by atoms with Gasteiger partial charge in [-0.25, -0.2) is 0 Å². The van der Waals surface area contributed by atoms with Gasteiger partial charge in [0.05, 0.1) is 18.4 Å². The first-order valence-corrected chi connectivity index (χ1v) is 6.09. The summed E-state index contributed by atoms with van der Waals surface area (Å²) in [6.45, 7) is 0. The largest absolute Gasteiger partial charge is 0.481 e. The lowest BCUT2D eigenvalue weighted by molar-refractivity contribution is -0.145. The number of rotatable bonds is 4. The van der Waals surface area contributed by atoms with Crippen LogP contribution in [0.4, 0.5) is 0 Å². The minimum Gasteiger partial charge on any atom is -0.481 e. The molecular formula is C14H14N2O3. The second-order valence-corrected chi connectivity index (χ2v) is 4.71. The molecule has 0 aromatic heterocycles. The Hall–Kier alpha value is -2.35. The fourth-order valence-corrected chi connectivity index (χ4v) is 2.12. The molecule has 1 fully saturated rings. The maximum absolute atomic E-state index is 11.9. The molecule has 19 heavy (non-hydrogen) atoms. The summed E-state index contributed by atoms with van der Waals surface area (Å²) in [6, 6.07) is 8.88. The molecule has 0 saturated heterocycles. The lowest BCUT2D eigenvalue weighted by Gasteiger charge is -2.32. The number of nitriles is 1. The molecule has 5 nitrogen and oxygen atoms in total. The van der Waals surface area contributed by atoms with E-state index in [2.05, 4.69) is 5.32 Å². The fourth-order valence-electron chi connectivity index (χ4n) is 2.12. The van der Waals surface area contributed by atoms with Crippen LogP contribution < -0.4 is 5.32 Å². The second kappa shape index (κ2) is 5.53. The van der Waals surface area contributed by atoms with Crippen molar-refractivity contribution in [2.24, 2.45) is 5.92 Å². The number of carbonyl (C=O) groups is 2. The summed E-state index contributed by atoms with van der Waals surface area (Å²) in [4.78, 5) is 22.6. The van der Waals surface area contributed by atoms with Gasteiger partial charge in [-0.3, -0.25) is 9.59 Å². The normalized spacial score (nSPS) is 21.0. The van der Waals surface area contributed by atoms with Crippen molar-refractivity contribution in [3.8, 4) is 6.07 Å². The van der Waals surface area contributed by atoms with Crippen LogP contribution in [0.3, 0.4) is 0 Å². The highest BCUT2D eigenvalue weighted by molar-refractivity contribution is 5.94. The first-order valence-electron chi connectivity index (χ1n) is 6.09. The number of aliphatic carboxylic acids is 1. The maximum atomic E-state index is 11.9. The molecule has 1 aliphatic rings. The lowest BCUT2D eigenvalue weighted by Crippen LogP contribution is -2.46. The highest BCUT2D eigenvalue weighted by Gasteiger charge is 2.35. The minimum absolute atomic E-state index is 0.0618. The van der Waals surface area contributed by atoms with Crippen molar-refractivity contribution in [2.45, 2.75) is 25.3 Å². The third-order valence-electron chi connectivity index (χ3n) is 3.29. The van der Waals surface area contributed by atoms with Crippen molar-refractivity contribution in [1.82, 2.24) is 5.32 Å². The van der Waals surface area contributed by atoms with Gasteiger partial charge in [-0.2, -0.15) is 5.26 Å². The molecule has 0 heterocycles. The summed E-state index contributed by atoms with van der Waals surface area (Å²) in [5.74, 6) is -1.36. The average molecular weight is 258 g/mol. The Morgan fingerprint density at radius 2 is 2.16 bits per heavy atom. The van der Waals surface area contributed by atoms with Crippen LogP contribution in [0.2, 0.25) is 0 Å². The minimum atomic E-state index is -0.804. The van der Waals surface area contributed by atoms with E-state index in [4.69, 9.17) is 10.4 Å². The van der Waals surface area contributed by atoms with E-state index in [0.29, 0.717) is 18.4 Å². The highest BCUT2D eigenvalue weighted by atomic mass is 16.4. The standard InChI is InChI=1S/C14H14N2O3/c15-5-4-9-2-1-3-10(6-9)13(17)16-12-7-11(8-12)14(18)19/h1-3,6,11-12H,4,7-8H2,(H,16,17)(H,18,19). The number of nitrogens with one attached hydrogen (secondary N) is 1. The number of carboxylic acids is 1. The van der Waals surface area contributed by atoms with E-state index in [-0.39, 0.29) is 24.3 Å². The van der Waals surface area contributed by atoms with Gasteiger partial charge in [0.2, 0.25) is 0 Å². The predicted octanol–water partition coefficient (Wildman–Crippen LogP) is 1.35. The smallest absolute Gasteiger partial charge is 0.306 e. The van der Waals surface area contributed by atoms with Crippen LogP contribution in [0.25, 0.3) is 0 Å². The van der Waals surface area contributed by atoms with Crippen LogP contribution in [0.15, 0.2) is 24.3 Å². The van der Waals surface area contributed by atoms with E-state index in [1.807, 2.05) is 6.07 Å². The van der Waals surface area contributed by atoms with Gasteiger partial charge in [0.15, 0.2) is 0 Å². The van der Waals surface area contributed by atoms with Crippen LogP contribution in [0.1, 0.15) is 28.8 Å². The summed E-state index contributed by atoms with van der Waals surface area (Å²) in [7, 11) is 0. The van der Waals surface area contributed by atoms with Crippen molar-refractivity contribution in [1.29, 1.82) is 5.26 Å². The van der Waals surface area contributed by atoms with E-state index in [1.165, 1.54) is 0 Å². The van der Waals surface area contributed by atoms with E-state index in [0.717, 1.165) is 5.56 Å². The third kappa shape index (κ3) is 3.10. The molecule has 0 radical (unpaired) electrons. The van der Waals surface area contributed by atoms with Crippen LogP contribution in [0.5, 0.6) is 0 Å².